The Morgan fingerprint density at radius 2 is 1.88 bits per heavy atom. The van der Waals surface area contributed by atoms with Gasteiger partial charge < -0.3 is 5.32 Å². The van der Waals surface area contributed by atoms with E-state index in [9.17, 15) is 9.59 Å². The summed E-state index contributed by atoms with van der Waals surface area (Å²) in [6.45, 7) is 7.52. The minimum absolute atomic E-state index is 0.0415. The van der Waals surface area contributed by atoms with Crippen molar-refractivity contribution in [3.63, 3.8) is 0 Å². The van der Waals surface area contributed by atoms with Gasteiger partial charge in [0.25, 0.3) is 0 Å². The maximum absolute atomic E-state index is 11.9. The van der Waals surface area contributed by atoms with Gasteiger partial charge >= 0.3 is 0 Å². The predicted molar refractivity (Wildman–Crippen MR) is 68.1 cm³/mol. The fourth-order valence-electron chi connectivity index (χ4n) is 1.50. The Balaban J connectivity index is 2.70. The van der Waals surface area contributed by atoms with Gasteiger partial charge in [0.15, 0.2) is 5.78 Å². The lowest BCUT2D eigenvalue weighted by Gasteiger charge is -2.09. The molecule has 0 bridgehead atoms. The summed E-state index contributed by atoms with van der Waals surface area (Å²) in [6, 6.07) is 5.75. The van der Waals surface area contributed by atoms with Gasteiger partial charge in [-0.25, -0.2) is 0 Å². The molecule has 0 saturated heterocycles. The number of amides is 1. The summed E-state index contributed by atoms with van der Waals surface area (Å²) in [5, 5.41) is 2.64. The monoisotopic (exact) mass is 233 g/mol. The molecule has 0 aromatic heterocycles. The molecule has 17 heavy (non-hydrogen) atoms. The Morgan fingerprint density at radius 3 is 2.47 bits per heavy atom. The maximum atomic E-state index is 11.9. The number of benzene rings is 1. The zero-order valence-electron chi connectivity index (χ0n) is 10.8. The molecule has 0 aliphatic heterocycles. The summed E-state index contributed by atoms with van der Waals surface area (Å²) >= 11 is 0. The molecule has 0 aliphatic rings. The van der Waals surface area contributed by atoms with Crippen LogP contribution in [0.3, 0.4) is 0 Å². The highest BCUT2D eigenvalue weighted by atomic mass is 16.2. The van der Waals surface area contributed by atoms with Crippen molar-refractivity contribution in [2.24, 2.45) is 5.92 Å². The van der Waals surface area contributed by atoms with E-state index in [2.05, 4.69) is 5.32 Å². The van der Waals surface area contributed by atoms with Gasteiger partial charge in [0.05, 0.1) is 6.54 Å². The second kappa shape index (κ2) is 5.62. The summed E-state index contributed by atoms with van der Waals surface area (Å²) in [5.41, 5.74) is 2.68. The van der Waals surface area contributed by atoms with E-state index in [1.807, 2.05) is 32.0 Å². The topological polar surface area (TPSA) is 46.2 Å². The molecule has 0 spiro atoms. The van der Waals surface area contributed by atoms with Crippen molar-refractivity contribution in [3.05, 3.63) is 34.9 Å². The van der Waals surface area contributed by atoms with E-state index < -0.39 is 0 Å². The van der Waals surface area contributed by atoms with Gasteiger partial charge in [0.2, 0.25) is 5.91 Å². The molecule has 3 nitrogen and oxygen atoms in total. The van der Waals surface area contributed by atoms with Crippen LogP contribution in [0.25, 0.3) is 0 Å². The number of hydrogen-bond donors (Lipinski definition) is 1. The number of aryl methyl sites for hydroxylation is 2. The van der Waals surface area contributed by atoms with Crippen molar-refractivity contribution in [1.82, 2.24) is 5.32 Å². The molecule has 1 N–H and O–H groups in total. The lowest BCUT2D eigenvalue weighted by molar-refractivity contribution is -0.123. The van der Waals surface area contributed by atoms with Gasteiger partial charge in [0.1, 0.15) is 0 Å². The molecule has 1 rings (SSSR count). The highest BCUT2D eigenvalue weighted by molar-refractivity contribution is 6.00. The Bertz CT molecular complexity index is 436. The number of carbonyl (C=O) groups is 2. The summed E-state index contributed by atoms with van der Waals surface area (Å²) in [4.78, 5) is 23.3. The fraction of sp³-hybridized carbons (Fsp3) is 0.429. The van der Waals surface area contributed by atoms with Crippen molar-refractivity contribution < 1.29 is 9.59 Å². The molecule has 0 unspecified atom stereocenters. The molecule has 1 aromatic carbocycles. The first kappa shape index (κ1) is 13.4. The molecule has 0 heterocycles. The zero-order valence-corrected chi connectivity index (χ0v) is 10.8. The van der Waals surface area contributed by atoms with Crippen molar-refractivity contribution in [2.45, 2.75) is 27.7 Å². The first-order valence-corrected chi connectivity index (χ1v) is 5.80. The largest absolute Gasteiger partial charge is 0.348 e. The van der Waals surface area contributed by atoms with E-state index in [1.165, 1.54) is 0 Å². The molecule has 0 fully saturated rings. The van der Waals surface area contributed by atoms with Crippen LogP contribution in [0.15, 0.2) is 18.2 Å². The zero-order chi connectivity index (χ0) is 13.0. The average molecular weight is 233 g/mol. The molecule has 3 heteroatoms. The second-order valence-electron chi connectivity index (χ2n) is 4.61. The molecule has 1 aromatic rings. The summed E-state index contributed by atoms with van der Waals surface area (Å²) < 4.78 is 0. The van der Waals surface area contributed by atoms with Gasteiger partial charge in [-0.1, -0.05) is 31.5 Å². The molecular formula is C14H19NO2. The van der Waals surface area contributed by atoms with Crippen LogP contribution in [-0.4, -0.2) is 18.2 Å². The second-order valence-corrected chi connectivity index (χ2v) is 4.61. The highest BCUT2D eigenvalue weighted by Crippen LogP contribution is 2.11. The van der Waals surface area contributed by atoms with Crippen LogP contribution in [0, 0.1) is 19.8 Å². The SMILES string of the molecule is Cc1ccc(C)c(C(=O)CNC(=O)C(C)C)c1. The predicted octanol–water partition coefficient (Wildman–Crippen LogP) is 2.26. The molecule has 0 saturated carbocycles. The van der Waals surface area contributed by atoms with E-state index >= 15 is 0 Å². The molecule has 0 radical (unpaired) electrons. The first-order chi connectivity index (χ1) is 7.91. The molecule has 92 valence electrons. The number of Topliss-reactive ketones (excluding diaryl/α,β-unsaturated/α-hetero) is 1. The van der Waals surface area contributed by atoms with E-state index in [0.717, 1.165) is 11.1 Å². The molecule has 0 aliphatic carbocycles. The van der Waals surface area contributed by atoms with Crippen LogP contribution < -0.4 is 5.32 Å². The van der Waals surface area contributed by atoms with Crippen molar-refractivity contribution >= 4 is 11.7 Å². The van der Waals surface area contributed by atoms with Gasteiger partial charge in [0, 0.05) is 11.5 Å². The third-order valence-electron chi connectivity index (χ3n) is 2.64. The van der Waals surface area contributed by atoms with Crippen molar-refractivity contribution in [3.8, 4) is 0 Å². The van der Waals surface area contributed by atoms with Crippen LogP contribution in [0.5, 0.6) is 0 Å². The van der Waals surface area contributed by atoms with Gasteiger partial charge in [-0.2, -0.15) is 0 Å². The van der Waals surface area contributed by atoms with Gasteiger partial charge in [-0.15, -0.1) is 0 Å². The van der Waals surface area contributed by atoms with Crippen molar-refractivity contribution in [1.29, 1.82) is 0 Å². The Labute approximate surface area is 102 Å². The van der Waals surface area contributed by atoms with Crippen LogP contribution in [-0.2, 0) is 4.79 Å². The molecule has 1 amide bonds. The molecular weight excluding hydrogens is 214 g/mol. The minimum Gasteiger partial charge on any atom is -0.348 e. The van der Waals surface area contributed by atoms with Crippen molar-refractivity contribution in [2.75, 3.05) is 6.54 Å². The van der Waals surface area contributed by atoms with Crippen LogP contribution in [0.1, 0.15) is 35.3 Å². The maximum Gasteiger partial charge on any atom is 0.222 e. The Hall–Kier alpha value is -1.64. The smallest absolute Gasteiger partial charge is 0.222 e. The number of rotatable bonds is 4. The summed E-state index contributed by atoms with van der Waals surface area (Å²) in [6.07, 6.45) is 0. The lowest BCUT2D eigenvalue weighted by atomic mass is 10.0. The van der Waals surface area contributed by atoms with Gasteiger partial charge in [-0.3, -0.25) is 9.59 Å². The van der Waals surface area contributed by atoms with Crippen LogP contribution in [0.2, 0.25) is 0 Å². The summed E-state index contributed by atoms with van der Waals surface area (Å²) in [5.74, 6) is -0.231. The van der Waals surface area contributed by atoms with E-state index in [0.29, 0.717) is 5.56 Å². The fourth-order valence-corrected chi connectivity index (χ4v) is 1.50. The average Bonchev–Trinajstić information content (AvgIpc) is 2.28. The third-order valence-corrected chi connectivity index (χ3v) is 2.64. The number of hydrogen-bond acceptors (Lipinski definition) is 2. The minimum atomic E-state index is -0.0959. The molecule has 0 atom stereocenters. The van der Waals surface area contributed by atoms with Crippen LogP contribution >= 0.6 is 0 Å². The van der Waals surface area contributed by atoms with E-state index in [1.54, 1.807) is 13.8 Å². The number of nitrogens with one attached hydrogen (secondary N) is 1. The Morgan fingerprint density at radius 1 is 1.24 bits per heavy atom. The lowest BCUT2D eigenvalue weighted by Crippen LogP contribution is -2.32. The standard InChI is InChI=1S/C14H19NO2/c1-9(2)14(17)15-8-13(16)12-7-10(3)5-6-11(12)4/h5-7,9H,8H2,1-4H3,(H,15,17). The van der Waals surface area contributed by atoms with E-state index in [-0.39, 0.29) is 24.2 Å². The third kappa shape index (κ3) is 3.70. The van der Waals surface area contributed by atoms with Gasteiger partial charge in [-0.05, 0) is 25.5 Å². The normalized spacial score (nSPS) is 10.4. The number of ketones is 1. The summed E-state index contributed by atoms with van der Waals surface area (Å²) in [7, 11) is 0. The van der Waals surface area contributed by atoms with Crippen LogP contribution in [0.4, 0.5) is 0 Å². The number of carbonyl (C=O) groups excluding carboxylic acids is 2. The Kier molecular flexibility index (Phi) is 4.44. The highest BCUT2D eigenvalue weighted by Gasteiger charge is 2.12. The van der Waals surface area contributed by atoms with E-state index in [4.69, 9.17) is 0 Å². The quantitative estimate of drug-likeness (QED) is 0.811. The first-order valence-electron chi connectivity index (χ1n) is 5.80.